The Morgan fingerprint density at radius 2 is 1.56 bits per heavy atom. The molecular weight excluding hydrogens is 423 g/mol. The van der Waals surface area contributed by atoms with Crippen LogP contribution in [0.25, 0.3) is 0 Å². The SMILES string of the molecule is CN1CCc2cc(N(C)C)c(S(=O)(=O)c3ccc(Cc4ccccc4F)cc3)cc2CC1. The third kappa shape index (κ3) is 4.57. The summed E-state index contributed by atoms with van der Waals surface area (Å²) < 4.78 is 41.2. The first-order valence-electron chi connectivity index (χ1n) is 10.8. The van der Waals surface area contributed by atoms with Crippen LogP contribution in [0.4, 0.5) is 10.1 Å². The van der Waals surface area contributed by atoms with E-state index in [0.29, 0.717) is 22.6 Å². The van der Waals surface area contributed by atoms with Crippen molar-refractivity contribution in [1.82, 2.24) is 4.90 Å². The van der Waals surface area contributed by atoms with Crippen molar-refractivity contribution in [2.45, 2.75) is 29.1 Å². The molecule has 0 fully saturated rings. The molecule has 0 radical (unpaired) electrons. The van der Waals surface area contributed by atoms with Gasteiger partial charge in [0.25, 0.3) is 0 Å². The van der Waals surface area contributed by atoms with Gasteiger partial charge < -0.3 is 9.80 Å². The summed E-state index contributed by atoms with van der Waals surface area (Å²) >= 11 is 0. The van der Waals surface area contributed by atoms with Crippen molar-refractivity contribution in [3.8, 4) is 0 Å². The summed E-state index contributed by atoms with van der Waals surface area (Å²) in [6.07, 6.45) is 2.17. The van der Waals surface area contributed by atoms with E-state index in [-0.39, 0.29) is 10.7 Å². The third-order valence-corrected chi connectivity index (χ3v) is 7.96. The van der Waals surface area contributed by atoms with Crippen molar-refractivity contribution in [2.75, 3.05) is 39.1 Å². The molecule has 0 bridgehead atoms. The molecule has 0 saturated heterocycles. The first kappa shape index (κ1) is 22.5. The zero-order chi connectivity index (χ0) is 22.9. The molecule has 1 aliphatic heterocycles. The number of hydrogen-bond donors (Lipinski definition) is 0. The van der Waals surface area contributed by atoms with Gasteiger partial charge >= 0.3 is 0 Å². The summed E-state index contributed by atoms with van der Waals surface area (Å²) in [5.74, 6) is -0.254. The van der Waals surface area contributed by atoms with Gasteiger partial charge in [-0.25, -0.2) is 12.8 Å². The lowest BCUT2D eigenvalue weighted by Crippen LogP contribution is -2.20. The fraction of sp³-hybridized carbons (Fsp3) is 0.308. The second kappa shape index (κ2) is 9.04. The topological polar surface area (TPSA) is 40.6 Å². The maximum atomic E-state index is 14.0. The molecular formula is C26H29FN2O2S. The number of anilines is 1. The van der Waals surface area contributed by atoms with E-state index in [9.17, 15) is 12.8 Å². The van der Waals surface area contributed by atoms with Crippen molar-refractivity contribution in [3.05, 3.63) is 88.7 Å². The number of halogens is 1. The number of sulfone groups is 1. The first-order chi connectivity index (χ1) is 15.3. The lowest BCUT2D eigenvalue weighted by atomic mass is 10.0. The maximum absolute atomic E-state index is 14.0. The molecule has 3 aromatic carbocycles. The van der Waals surface area contributed by atoms with Crippen molar-refractivity contribution >= 4 is 15.5 Å². The van der Waals surface area contributed by atoms with Crippen molar-refractivity contribution in [1.29, 1.82) is 0 Å². The van der Waals surface area contributed by atoms with Crippen LogP contribution in [0.1, 0.15) is 22.3 Å². The lowest BCUT2D eigenvalue weighted by molar-refractivity contribution is 0.352. The maximum Gasteiger partial charge on any atom is 0.208 e. The molecule has 0 saturated carbocycles. The molecule has 0 amide bonds. The predicted molar refractivity (Wildman–Crippen MR) is 127 cm³/mol. The number of benzene rings is 3. The number of likely N-dealkylation sites (N-methyl/N-ethyl adjacent to an activating group) is 1. The van der Waals surface area contributed by atoms with Crippen LogP contribution in [-0.2, 0) is 29.1 Å². The molecule has 0 spiro atoms. The fourth-order valence-corrected chi connectivity index (χ4v) is 5.76. The Labute approximate surface area is 190 Å². The van der Waals surface area contributed by atoms with Crippen LogP contribution in [0, 0.1) is 5.82 Å². The molecule has 4 rings (SSSR count). The molecule has 32 heavy (non-hydrogen) atoms. The Morgan fingerprint density at radius 3 is 2.19 bits per heavy atom. The first-order valence-corrected chi connectivity index (χ1v) is 12.3. The van der Waals surface area contributed by atoms with Gasteiger partial charge in [0.05, 0.1) is 15.5 Å². The average Bonchev–Trinajstić information content (AvgIpc) is 2.96. The van der Waals surface area contributed by atoms with Gasteiger partial charge in [0, 0.05) is 33.6 Å². The van der Waals surface area contributed by atoms with E-state index in [4.69, 9.17) is 0 Å². The van der Waals surface area contributed by atoms with E-state index in [1.807, 2.05) is 31.1 Å². The van der Waals surface area contributed by atoms with Gasteiger partial charge in [0.15, 0.2) is 0 Å². The van der Waals surface area contributed by atoms with Gasteiger partial charge in [-0.15, -0.1) is 0 Å². The number of nitrogens with zero attached hydrogens (tertiary/aromatic N) is 2. The minimum Gasteiger partial charge on any atom is -0.377 e. The summed E-state index contributed by atoms with van der Waals surface area (Å²) in [5, 5.41) is 0. The molecule has 3 aromatic rings. The number of rotatable bonds is 5. The number of hydrogen-bond acceptors (Lipinski definition) is 4. The Balaban J connectivity index is 1.69. The average molecular weight is 453 g/mol. The number of fused-ring (bicyclic) bond motifs is 1. The van der Waals surface area contributed by atoms with Gasteiger partial charge in [-0.1, -0.05) is 30.3 Å². The third-order valence-electron chi connectivity index (χ3n) is 6.16. The molecule has 0 unspecified atom stereocenters. The van der Waals surface area contributed by atoms with Crippen molar-refractivity contribution < 1.29 is 12.8 Å². The normalized spacial score (nSPS) is 14.6. The van der Waals surface area contributed by atoms with Crippen LogP contribution in [0.5, 0.6) is 0 Å². The molecule has 0 atom stereocenters. The second-order valence-electron chi connectivity index (χ2n) is 8.70. The highest BCUT2D eigenvalue weighted by molar-refractivity contribution is 7.91. The van der Waals surface area contributed by atoms with Crippen LogP contribution < -0.4 is 4.90 Å². The van der Waals surface area contributed by atoms with Crippen LogP contribution in [0.15, 0.2) is 70.5 Å². The summed E-state index contributed by atoms with van der Waals surface area (Å²) in [6.45, 7) is 1.88. The monoisotopic (exact) mass is 452 g/mol. The van der Waals surface area contributed by atoms with Crippen molar-refractivity contribution in [3.63, 3.8) is 0 Å². The summed E-state index contributed by atoms with van der Waals surface area (Å²) in [7, 11) is 2.15. The van der Waals surface area contributed by atoms with E-state index in [1.54, 1.807) is 42.5 Å². The van der Waals surface area contributed by atoms with Gasteiger partial charge in [0.2, 0.25) is 9.84 Å². The fourth-order valence-electron chi connectivity index (χ4n) is 4.19. The zero-order valence-corrected chi connectivity index (χ0v) is 19.6. The Hall–Kier alpha value is -2.70. The molecule has 168 valence electrons. The predicted octanol–water partition coefficient (Wildman–Crippen LogP) is 4.35. The van der Waals surface area contributed by atoms with Gasteiger partial charge in [-0.3, -0.25) is 0 Å². The molecule has 0 aliphatic carbocycles. The van der Waals surface area contributed by atoms with Crippen LogP contribution in [0.3, 0.4) is 0 Å². The van der Waals surface area contributed by atoms with Gasteiger partial charge in [0.1, 0.15) is 5.82 Å². The largest absolute Gasteiger partial charge is 0.377 e. The summed E-state index contributed by atoms with van der Waals surface area (Å²) in [6, 6.07) is 17.4. The van der Waals surface area contributed by atoms with Crippen LogP contribution >= 0.6 is 0 Å². The van der Waals surface area contributed by atoms with Crippen LogP contribution in [-0.4, -0.2) is 47.6 Å². The highest BCUT2D eigenvalue weighted by Gasteiger charge is 2.25. The zero-order valence-electron chi connectivity index (χ0n) is 18.8. The highest BCUT2D eigenvalue weighted by atomic mass is 32.2. The molecule has 0 N–H and O–H groups in total. The molecule has 4 nitrogen and oxygen atoms in total. The Bertz CT molecular complexity index is 1220. The summed E-state index contributed by atoms with van der Waals surface area (Å²) in [5.41, 5.74) is 4.50. The van der Waals surface area contributed by atoms with E-state index in [0.717, 1.165) is 37.1 Å². The molecule has 1 aliphatic rings. The minimum absolute atomic E-state index is 0.253. The minimum atomic E-state index is -3.70. The van der Waals surface area contributed by atoms with Crippen molar-refractivity contribution in [2.24, 2.45) is 0 Å². The molecule has 1 heterocycles. The smallest absolute Gasteiger partial charge is 0.208 e. The standard InChI is InChI=1S/C26H29FN2O2S/c1-28(2)25-17-20-12-14-29(3)15-13-21(20)18-26(25)32(30,31)23-10-8-19(9-11-23)16-22-6-4-5-7-24(22)27/h4-11,17-18H,12-16H2,1-3H3. The van der Waals surface area contributed by atoms with E-state index >= 15 is 0 Å². The van der Waals surface area contributed by atoms with E-state index < -0.39 is 9.84 Å². The van der Waals surface area contributed by atoms with E-state index in [1.165, 1.54) is 11.6 Å². The molecule has 6 heteroatoms. The Kier molecular flexibility index (Phi) is 6.35. The lowest BCUT2D eigenvalue weighted by Gasteiger charge is -2.21. The Morgan fingerprint density at radius 1 is 0.938 bits per heavy atom. The quantitative estimate of drug-likeness (QED) is 0.577. The van der Waals surface area contributed by atoms with Crippen LogP contribution in [0.2, 0.25) is 0 Å². The summed E-state index contributed by atoms with van der Waals surface area (Å²) in [4.78, 5) is 4.74. The highest BCUT2D eigenvalue weighted by Crippen LogP contribution is 2.34. The van der Waals surface area contributed by atoms with Gasteiger partial charge in [-0.2, -0.15) is 0 Å². The van der Waals surface area contributed by atoms with Gasteiger partial charge in [-0.05, 0) is 72.5 Å². The second-order valence-corrected chi connectivity index (χ2v) is 10.6. The molecule has 0 aromatic heterocycles. The van der Waals surface area contributed by atoms with E-state index in [2.05, 4.69) is 11.9 Å².